The number of rotatable bonds is 9. The summed E-state index contributed by atoms with van der Waals surface area (Å²) in [5.74, 6) is 1.83. The Morgan fingerprint density at radius 1 is 1.08 bits per heavy atom. The molecule has 0 spiro atoms. The zero-order chi connectivity index (χ0) is 17.2. The lowest BCUT2D eigenvalue weighted by atomic mass is 10.2. The molecule has 2 rings (SSSR count). The number of aryl methyl sites for hydroxylation is 1. The van der Waals surface area contributed by atoms with Crippen molar-refractivity contribution in [1.29, 1.82) is 0 Å². The zero-order valence-electron chi connectivity index (χ0n) is 13.8. The summed E-state index contributed by atoms with van der Waals surface area (Å²) < 4.78 is 18.4. The van der Waals surface area contributed by atoms with Crippen LogP contribution in [0.4, 0.5) is 10.1 Å². The number of thioether (sulfide) groups is 1. The number of carbonyl (C=O) groups excluding carboxylic acids is 1. The summed E-state index contributed by atoms with van der Waals surface area (Å²) in [6.07, 6.45) is 1.96. The van der Waals surface area contributed by atoms with Gasteiger partial charge in [0.1, 0.15) is 11.6 Å². The minimum Gasteiger partial charge on any atom is -0.494 e. The summed E-state index contributed by atoms with van der Waals surface area (Å²) in [6, 6.07) is 13.8. The molecule has 3 nitrogen and oxygen atoms in total. The monoisotopic (exact) mass is 347 g/mol. The van der Waals surface area contributed by atoms with Crippen LogP contribution in [0.15, 0.2) is 48.5 Å². The topological polar surface area (TPSA) is 38.3 Å². The van der Waals surface area contributed by atoms with Crippen LogP contribution in [-0.4, -0.2) is 24.0 Å². The first-order chi connectivity index (χ1) is 11.6. The minimum absolute atomic E-state index is 0.0671. The molecular formula is C19H22FNO2S. The van der Waals surface area contributed by atoms with E-state index in [-0.39, 0.29) is 11.7 Å². The first-order valence-electron chi connectivity index (χ1n) is 7.96. The van der Waals surface area contributed by atoms with Crippen LogP contribution >= 0.6 is 11.8 Å². The van der Waals surface area contributed by atoms with Crippen molar-refractivity contribution < 1.29 is 13.9 Å². The lowest BCUT2D eigenvalue weighted by Crippen LogP contribution is -2.14. The third-order valence-electron chi connectivity index (χ3n) is 3.33. The largest absolute Gasteiger partial charge is 0.494 e. The number of benzene rings is 2. The molecular weight excluding hydrogens is 325 g/mol. The Hall–Kier alpha value is -2.01. The summed E-state index contributed by atoms with van der Waals surface area (Å²) in [4.78, 5) is 11.7. The van der Waals surface area contributed by atoms with Gasteiger partial charge in [-0.1, -0.05) is 17.7 Å². The van der Waals surface area contributed by atoms with Crippen molar-refractivity contribution in [2.75, 3.05) is 23.4 Å². The second kappa shape index (κ2) is 9.98. The predicted octanol–water partition coefficient (Wildman–Crippen LogP) is 4.67. The summed E-state index contributed by atoms with van der Waals surface area (Å²) >= 11 is 1.59. The van der Waals surface area contributed by atoms with Crippen LogP contribution in [-0.2, 0) is 4.79 Å². The molecule has 0 unspecified atom stereocenters. The van der Waals surface area contributed by atoms with Crippen LogP contribution in [0.25, 0.3) is 0 Å². The van der Waals surface area contributed by atoms with Crippen molar-refractivity contribution >= 4 is 23.4 Å². The molecule has 1 N–H and O–H groups in total. The van der Waals surface area contributed by atoms with Crippen molar-refractivity contribution in [1.82, 2.24) is 0 Å². The maximum absolute atomic E-state index is 12.8. The van der Waals surface area contributed by atoms with Crippen LogP contribution < -0.4 is 10.1 Å². The number of unbranched alkanes of at least 4 members (excludes halogenated alkanes) is 1. The highest BCUT2D eigenvalue weighted by atomic mass is 32.2. The van der Waals surface area contributed by atoms with E-state index >= 15 is 0 Å². The van der Waals surface area contributed by atoms with Crippen molar-refractivity contribution in [2.24, 2.45) is 0 Å². The van der Waals surface area contributed by atoms with Crippen molar-refractivity contribution in [2.45, 2.75) is 19.8 Å². The highest BCUT2D eigenvalue weighted by Gasteiger charge is 2.03. The van der Waals surface area contributed by atoms with Gasteiger partial charge in [0, 0.05) is 5.69 Å². The second-order valence-electron chi connectivity index (χ2n) is 5.48. The van der Waals surface area contributed by atoms with Gasteiger partial charge in [0.15, 0.2) is 0 Å². The third-order valence-corrected chi connectivity index (χ3v) is 4.38. The molecule has 2 aromatic rings. The van der Waals surface area contributed by atoms with Crippen molar-refractivity contribution in [3.8, 4) is 5.75 Å². The number of halogens is 1. The molecule has 0 aliphatic heterocycles. The van der Waals surface area contributed by atoms with Gasteiger partial charge in [0.2, 0.25) is 5.91 Å². The van der Waals surface area contributed by atoms with Gasteiger partial charge in [-0.05, 0) is 61.9 Å². The van der Waals surface area contributed by atoms with Gasteiger partial charge in [0.05, 0.1) is 12.4 Å². The average molecular weight is 347 g/mol. The Labute approximate surface area is 146 Å². The number of amides is 1. The van der Waals surface area contributed by atoms with Gasteiger partial charge in [-0.2, -0.15) is 11.8 Å². The number of nitrogens with one attached hydrogen (secondary N) is 1. The molecule has 0 bridgehead atoms. The van der Waals surface area contributed by atoms with E-state index in [9.17, 15) is 9.18 Å². The fraction of sp³-hybridized carbons (Fsp3) is 0.316. The van der Waals surface area contributed by atoms with E-state index in [0.29, 0.717) is 18.0 Å². The molecule has 128 valence electrons. The van der Waals surface area contributed by atoms with E-state index in [1.165, 1.54) is 17.7 Å². The average Bonchev–Trinajstić information content (AvgIpc) is 2.58. The fourth-order valence-electron chi connectivity index (χ4n) is 2.03. The first-order valence-corrected chi connectivity index (χ1v) is 9.11. The molecule has 5 heteroatoms. The first kappa shape index (κ1) is 18.3. The maximum atomic E-state index is 12.8. The molecule has 1 amide bonds. The van der Waals surface area contributed by atoms with Crippen LogP contribution in [0.1, 0.15) is 18.4 Å². The molecule has 0 saturated carbocycles. The van der Waals surface area contributed by atoms with E-state index in [1.807, 2.05) is 31.2 Å². The van der Waals surface area contributed by atoms with E-state index in [1.54, 1.807) is 23.9 Å². The van der Waals surface area contributed by atoms with E-state index in [4.69, 9.17) is 4.74 Å². The molecule has 0 aliphatic carbocycles. The standard InChI is InChI=1S/C19H22FNO2S/c1-15-4-10-18(11-5-15)23-12-2-3-13-24-14-19(22)21-17-8-6-16(20)7-9-17/h4-11H,2-3,12-14H2,1H3,(H,21,22). The van der Waals surface area contributed by atoms with Gasteiger partial charge >= 0.3 is 0 Å². The smallest absolute Gasteiger partial charge is 0.234 e. The summed E-state index contributed by atoms with van der Waals surface area (Å²) in [6.45, 7) is 2.73. The fourth-order valence-corrected chi connectivity index (χ4v) is 2.84. The van der Waals surface area contributed by atoms with Gasteiger partial charge in [0.25, 0.3) is 0 Å². The molecule has 0 aliphatic rings. The van der Waals surface area contributed by atoms with Crippen LogP contribution in [0, 0.1) is 12.7 Å². The SMILES string of the molecule is Cc1ccc(OCCCCSCC(=O)Nc2ccc(F)cc2)cc1. The lowest BCUT2D eigenvalue weighted by molar-refractivity contribution is -0.113. The molecule has 0 fully saturated rings. The Balaban J connectivity index is 1.51. The molecule has 0 aromatic heterocycles. The van der Waals surface area contributed by atoms with Crippen LogP contribution in [0.5, 0.6) is 5.75 Å². The Morgan fingerprint density at radius 3 is 2.50 bits per heavy atom. The minimum atomic E-state index is -0.310. The Bertz CT molecular complexity index is 629. The quantitative estimate of drug-likeness (QED) is 0.670. The van der Waals surface area contributed by atoms with Gasteiger partial charge in [-0.15, -0.1) is 0 Å². The van der Waals surface area contributed by atoms with Gasteiger partial charge < -0.3 is 10.1 Å². The van der Waals surface area contributed by atoms with E-state index in [2.05, 4.69) is 5.32 Å². The highest BCUT2D eigenvalue weighted by molar-refractivity contribution is 7.99. The second-order valence-corrected chi connectivity index (χ2v) is 6.58. The Morgan fingerprint density at radius 2 is 1.79 bits per heavy atom. The number of hydrogen-bond donors (Lipinski definition) is 1. The number of carbonyl (C=O) groups is 1. The predicted molar refractivity (Wildman–Crippen MR) is 98.3 cm³/mol. The molecule has 0 radical (unpaired) electrons. The van der Waals surface area contributed by atoms with Crippen LogP contribution in [0.2, 0.25) is 0 Å². The number of hydrogen-bond acceptors (Lipinski definition) is 3. The summed E-state index contributed by atoms with van der Waals surface area (Å²) in [5.41, 5.74) is 1.84. The number of anilines is 1. The number of ether oxygens (including phenoxy) is 1. The molecule has 0 heterocycles. The highest BCUT2D eigenvalue weighted by Crippen LogP contribution is 2.13. The summed E-state index contributed by atoms with van der Waals surface area (Å²) in [7, 11) is 0. The van der Waals surface area contributed by atoms with Crippen LogP contribution in [0.3, 0.4) is 0 Å². The Kier molecular flexibility index (Phi) is 7.62. The molecule has 0 atom stereocenters. The van der Waals surface area contributed by atoms with E-state index < -0.39 is 0 Å². The molecule has 0 saturated heterocycles. The van der Waals surface area contributed by atoms with Gasteiger partial charge in [-0.3, -0.25) is 4.79 Å². The summed E-state index contributed by atoms with van der Waals surface area (Å²) in [5, 5.41) is 2.75. The third kappa shape index (κ3) is 7.04. The molecule has 2 aromatic carbocycles. The van der Waals surface area contributed by atoms with Crippen molar-refractivity contribution in [3.05, 3.63) is 59.9 Å². The van der Waals surface area contributed by atoms with Gasteiger partial charge in [-0.25, -0.2) is 4.39 Å². The lowest BCUT2D eigenvalue weighted by Gasteiger charge is -2.07. The van der Waals surface area contributed by atoms with E-state index in [0.717, 1.165) is 24.3 Å². The maximum Gasteiger partial charge on any atom is 0.234 e. The van der Waals surface area contributed by atoms with Crippen molar-refractivity contribution in [3.63, 3.8) is 0 Å². The molecule has 24 heavy (non-hydrogen) atoms. The normalized spacial score (nSPS) is 10.4. The zero-order valence-corrected chi connectivity index (χ0v) is 14.6.